The van der Waals surface area contributed by atoms with Crippen LogP contribution in [0.15, 0.2) is 12.1 Å². The number of hydrogen-bond donors (Lipinski definition) is 1. The highest BCUT2D eigenvalue weighted by molar-refractivity contribution is 6.42. The lowest BCUT2D eigenvalue weighted by Gasteiger charge is -2.35. The van der Waals surface area contributed by atoms with E-state index in [0.29, 0.717) is 26.2 Å². The van der Waals surface area contributed by atoms with Crippen LogP contribution in [0.1, 0.15) is 11.6 Å². The van der Waals surface area contributed by atoms with E-state index in [1.165, 1.54) is 11.0 Å². The Morgan fingerprint density at radius 3 is 2.37 bits per heavy atom. The van der Waals surface area contributed by atoms with Gasteiger partial charge in [0.25, 0.3) is 6.43 Å². The molecule has 1 aliphatic rings. The smallest absolute Gasteiger partial charge is 0.258 e. The van der Waals surface area contributed by atoms with E-state index in [1.807, 2.05) is 0 Å². The predicted molar refractivity (Wildman–Crippen MR) is 69.6 cm³/mol. The zero-order chi connectivity index (χ0) is 14.0. The third kappa shape index (κ3) is 3.16. The molecule has 0 unspecified atom stereocenters. The van der Waals surface area contributed by atoms with Gasteiger partial charge in [-0.2, -0.15) is 0 Å². The van der Waals surface area contributed by atoms with Crippen molar-refractivity contribution >= 4 is 23.2 Å². The van der Waals surface area contributed by atoms with E-state index in [0.717, 1.165) is 6.07 Å². The summed E-state index contributed by atoms with van der Waals surface area (Å²) < 4.78 is 40.5. The van der Waals surface area contributed by atoms with Gasteiger partial charge in [-0.3, -0.25) is 4.90 Å². The fourth-order valence-electron chi connectivity index (χ4n) is 2.24. The number of rotatable bonds is 3. The zero-order valence-corrected chi connectivity index (χ0v) is 11.5. The molecule has 1 heterocycles. The Morgan fingerprint density at radius 1 is 1.16 bits per heavy atom. The van der Waals surface area contributed by atoms with Gasteiger partial charge in [-0.1, -0.05) is 23.2 Å². The highest BCUT2D eigenvalue weighted by Gasteiger charge is 2.34. The van der Waals surface area contributed by atoms with Crippen molar-refractivity contribution in [3.63, 3.8) is 0 Å². The fraction of sp³-hybridized carbons (Fsp3) is 0.500. The first kappa shape index (κ1) is 14.9. The maximum Gasteiger partial charge on any atom is 0.258 e. The van der Waals surface area contributed by atoms with Crippen molar-refractivity contribution in [1.29, 1.82) is 0 Å². The third-order valence-electron chi connectivity index (χ3n) is 3.16. The fourth-order valence-corrected chi connectivity index (χ4v) is 2.67. The van der Waals surface area contributed by atoms with Crippen molar-refractivity contribution in [2.45, 2.75) is 12.5 Å². The summed E-state index contributed by atoms with van der Waals surface area (Å²) in [6, 6.07) is 0.970. The minimum atomic E-state index is -2.73. The van der Waals surface area contributed by atoms with Gasteiger partial charge in [0.2, 0.25) is 0 Å². The predicted octanol–water partition coefficient (Wildman–Crippen LogP) is 3.34. The molecule has 106 valence electrons. The van der Waals surface area contributed by atoms with E-state index < -0.39 is 18.3 Å². The first-order chi connectivity index (χ1) is 9.02. The van der Waals surface area contributed by atoms with E-state index in [2.05, 4.69) is 5.32 Å². The largest absolute Gasteiger partial charge is 0.314 e. The Labute approximate surface area is 119 Å². The Bertz CT molecular complexity index is 451. The standard InChI is InChI=1S/C12H13Cl2F3N2/c13-7-1-2-8(15)9(10(7)14)11(12(16)17)19-5-3-18-4-6-19/h1-2,11-12,18H,3-6H2/t11-/m0/s1. The summed E-state index contributed by atoms with van der Waals surface area (Å²) in [6.07, 6.45) is -2.73. The number of halogens is 5. The molecule has 2 rings (SSSR count). The molecule has 7 heteroatoms. The molecule has 19 heavy (non-hydrogen) atoms. The van der Waals surface area contributed by atoms with Crippen molar-refractivity contribution in [2.24, 2.45) is 0 Å². The van der Waals surface area contributed by atoms with E-state index in [4.69, 9.17) is 23.2 Å². The van der Waals surface area contributed by atoms with Gasteiger partial charge in [-0.15, -0.1) is 0 Å². The second-order valence-corrected chi connectivity index (χ2v) is 5.11. The molecule has 0 aliphatic carbocycles. The molecule has 1 atom stereocenters. The van der Waals surface area contributed by atoms with Crippen LogP contribution in [0.25, 0.3) is 0 Å². The summed E-state index contributed by atoms with van der Waals surface area (Å²) in [7, 11) is 0. The van der Waals surface area contributed by atoms with Crippen molar-refractivity contribution in [1.82, 2.24) is 10.2 Å². The van der Waals surface area contributed by atoms with Crippen LogP contribution < -0.4 is 5.32 Å². The van der Waals surface area contributed by atoms with Crippen LogP contribution in [-0.2, 0) is 0 Å². The summed E-state index contributed by atoms with van der Waals surface area (Å²) in [4.78, 5) is 1.53. The monoisotopic (exact) mass is 312 g/mol. The van der Waals surface area contributed by atoms with Gasteiger partial charge in [0.05, 0.1) is 10.0 Å². The quantitative estimate of drug-likeness (QED) is 0.861. The lowest BCUT2D eigenvalue weighted by Crippen LogP contribution is -2.47. The van der Waals surface area contributed by atoms with Gasteiger partial charge in [-0.25, -0.2) is 13.2 Å². The molecule has 1 saturated heterocycles. The molecule has 0 saturated carbocycles. The summed E-state index contributed by atoms with van der Waals surface area (Å²) in [5, 5.41) is 3.01. The van der Waals surface area contributed by atoms with Gasteiger partial charge >= 0.3 is 0 Å². The molecule has 0 aromatic heterocycles. The summed E-state index contributed by atoms with van der Waals surface area (Å²) in [5.41, 5.74) is -0.217. The van der Waals surface area contributed by atoms with Gasteiger partial charge in [0, 0.05) is 31.7 Å². The highest BCUT2D eigenvalue weighted by atomic mass is 35.5. The number of benzene rings is 1. The molecule has 0 bridgehead atoms. The average molecular weight is 313 g/mol. The second-order valence-electron chi connectivity index (χ2n) is 4.32. The van der Waals surface area contributed by atoms with Gasteiger partial charge in [0.1, 0.15) is 11.9 Å². The number of piperazine rings is 1. The zero-order valence-electron chi connectivity index (χ0n) is 9.97. The average Bonchev–Trinajstić information content (AvgIpc) is 2.39. The molecular formula is C12H13Cl2F3N2. The van der Waals surface area contributed by atoms with E-state index >= 15 is 0 Å². The van der Waals surface area contributed by atoms with Crippen molar-refractivity contribution in [3.8, 4) is 0 Å². The highest BCUT2D eigenvalue weighted by Crippen LogP contribution is 2.38. The summed E-state index contributed by atoms with van der Waals surface area (Å²) in [5.74, 6) is -0.752. The van der Waals surface area contributed by atoms with E-state index in [9.17, 15) is 13.2 Å². The van der Waals surface area contributed by atoms with Crippen LogP contribution in [0.2, 0.25) is 10.0 Å². The van der Waals surface area contributed by atoms with Gasteiger partial charge < -0.3 is 5.32 Å². The van der Waals surface area contributed by atoms with E-state index in [-0.39, 0.29) is 15.6 Å². The maximum atomic E-state index is 13.9. The maximum absolute atomic E-state index is 13.9. The van der Waals surface area contributed by atoms with Crippen molar-refractivity contribution in [2.75, 3.05) is 26.2 Å². The number of nitrogens with zero attached hydrogens (tertiary/aromatic N) is 1. The Balaban J connectivity index is 2.41. The minimum Gasteiger partial charge on any atom is -0.314 e. The lowest BCUT2D eigenvalue weighted by molar-refractivity contribution is 0.0164. The number of nitrogens with one attached hydrogen (secondary N) is 1. The van der Waals surface area contributed by atoms with Gasteiger partial charge in [-0.05, 0) is 12.1 Å². The Morgan fingerprint density at radius 2 is 1.79 bits per heavy atom. The molecule has 1 aromatic rings. The normalized spacial score (nSPS) is 18.8. The van der Waals surface area contributed by atoms with Gasteiger partial charge in [0.15, 0.2) is 0 Å². The van der Waals surface area contributed by atoms with Crippen LogP contribution in [0.3, 0.4) is 0 Å². The topological polar surface area (TPSA) is 15.3 Å². The van der Waals surface area contributed by atoms with E-state index in [1.54, 1.807) is 0 Å². The molecule has 1 fully saturated rings. The molecule has 0 spiro atoms. The molecular weight excluding hydrogens is 300 g/mol. The molecule has 1 aliphatic heterocycles. The van der Waals surface area contributed by atoms with Crippen molar-refractivity contribution in [3.05, 3.63) is 33.6 Å². The Hall–Kier alpha value is -0.490. The SMILES string of the molecule is Fc1ccc(Cl)c(Cl)c1[C@@H](C(F)F)N1CCNCC1. The minimum absolute atomic E-state index is 0.0823. The molecule has 0 amide bonds. The molecule has 1 aromatic carbocycles. The first-order valence-electron chi connectivity index (χ1n) is 5.88. The lowest BCUT2D eigenvalue weighted by atomic mass is 10.0. The summed E-state index contributed by atoms with van der Waals surface area (Å²) >= 11 is 11.7. The van der Waals surface area contributed by atoms with Crippen LogP contribution in [0.5, 0.6) is 0 Å². The van der Waals surface area contributed by atoms with Crippen LogP contribution >= 0.6 is 23.2 Å². The molecule has 1 N–H and O–H groups in total. The summed E-state index contributed by atoms with van der Waals surface area (Å²) in [6.45, 7) is 2.00. The third-order valence-corrected chi connectivity index (χ3v) is 3.98. The molecule has 2 nitrogen and oxygen atoms in total. The van der Waals surface area contributed by atoms with Crippen LogP contribution in [0, 0.1) is 5.82 Å². The number of hydrogen-bond acceptors (Lipinski definition) is 2. The number of alkyl halides is 2. The first-order valence-corrected chi connectivity index (χ1v) is 6.64. The second kappa shape index (κ2) is 6.31. The molecule has 0 radical (unpaired) electrons. The van der Waals surface area contributed by atoms with Crippen LogP contribution in [0.4, 0.5) is 13.2 Å². The van der Waals surface area contributed by atoms with Crippen LogP contribution in [-0.4, -0.2) is 37.5 Å². The van der Waals surface area contributed by atoms with Crippen molar-refractivity contribution < 1.29 is 13.2 Å². The Kier molecular flexibility index (Phi) is 4.95.